The molecule has 1 aliphatic heterocycles. The number of carbonyl (C=O) groups excluding carboxylic acids is 1. The molecular weight excluding hydrogens is 324 g/mol. The van der Waals surface area contributed by atoms with Crippen molar-refractivity contribution < 1.29 is 29.6 Å². The van der Waals surface area contributed by atoms with E-state index in [2.05, 4.69) is 0 Å². The van der Waals surface area contributed by atoms with Crippen LogP contribution < -0.4 is 0 Å². The van der Waals surface area contributed by atoms with Gasteiger partial charge in [-0.15, -0.1) is 0 Å². The van der Waals surface area contributed by atoms with E-state index in [0.717, 1.165) is 12.8 Å². The normalized spacial score (nSPS) is 61.6. The molecule has 4 saturated carbocycles. The first-order valence-electron chi connectivity index (χ1n) is 9.46. The number of carbonyl (C=O) groups is 2. The van der Waals surface area contributed by atoms with Crippen LogP contribution in [0.5, 0.6) is 0 Å². The molecule has 6 nitrogen and oxygen atoms in total. The Labute approximate surface area is 146 Å². The van der Waals surface area contributed by atoms with Gasteiger partial charge in [-0.1, -0.05) is 0 Å². The molecule has 5 fully saturated rings. The maximum Gasteiger partial charge on any atom is 0.315 e. The Morgan fingerprint density at radius 3 is 2.64 bits per heavy atom. The topological polar surface area (TPSA) is 104 Å². The number of fused-ring (bicyclic) bond motifs is 1. The fourth-order valence-electron chi connectivity index (χ4n) is 8.08. The minimum atomic E-state index is -1.16. The molecule has 0 radical (unpaired) electrons. The van der Waals surface area contributed by atoms with Crippen LogP contribution in [0.25, 0.3) is 0 Å². The fourth-order valence-corrected chi connectivity index (χ4v) is 8.08. The summed E-state index contributed by atoms with van der Waals surface area (Å²) in [4.78, 5) is 25.2. The van der Waals surface area contributed by atoms with Crippen LogP contribution in [0.1, 0.15) is 52.4 Å². The van der Waals surface area contributed by atoms with Gasteiger partial charge in [-0.05, 0) is 63.7 Å². The number of ether oxygens (including phenoxy) is 1. The number of aliphatic hydroxyl groups excluding tert-OH is 1. The zero-order chi connectivity index (χ0) is 18.0. The molecule has 0 aromatic rings. The number of hydrogen-bond donors (Lipinski definition) is 3. The number of rotatable bonds is 1. The Kier molecular flexibility index (Phi) is 2.71. The van der Waals surface area contributed by atoms with Gasteiger partial charge in [-0.25, -0.2) is 0 Å². The van der Waals surface area contributed by atoms with Gasteiger partial charge in [-0.3, -0.25) is 9.59 Å². The summed E-state index contributed by atoms with van der Waals surface area (Å²) in [6.45, 7) is 3.52. The Hall–Kier alpha value is -1.14. The summed E-state index contributed by atoms with van der Waals surface area (Å²) in [5.41, 5.74) is -3.33. The van der Waals surface area contributed by atoms with E-state index in [1.807, 2.05) is 6.92 Å². The Morgan fingerprint density at radius 2 is 1.96 bits per heavy atom. The highest BCUT2D eigenvalue weighted by molar-refractivity contribution is 5.85. The predicted octanol–water partition coefficient (Wildman–Crippen LogP) is 1.33. The molecule has 5 aliphatic rings. The summed E-state index contributed by atoms with van der Waals surface area (Å²) >= 11 is 0. The lowest BCUT2D eigenvalue weighted by Crippen LogP contribution is -2.53. The van der Waals surface area contributed by atoms with Gasteiger partial charge in [0.25, 0.3) is 0 Å². The van der Waals surface area contributed by atoms with E-state index in [4.69, 9.17) is 4.74 Å². The standard InChI is InChI=1S/C19H26O6/c1-16(24)8-18-7-9(16)3-4-10(18)19-6-5-11(20)17(2,15(23)25-19)13(19)12(18)14(21)22/h9-13,20,24H,3-8H2,1-2H3,(H,21,22). The molecule has 9 atom stereocenters. The van der Waals surface area contributed by atoms with Crippen LogP contribution in [0.3, 0.4) is 0 Å². The van der Waals surface area contributed by atoms with E-state index < -0.39 is 51.9 Å². The Balaban J connectivity index is 1.74. The molecule has 5 rings (SSSR count). The van der Waals surface area contributed by atoms with Crippen LogP contribution in [-0.2, 0) is 14.3 Å². The minimum absolute atomic E-state index is 0.0328. The molecule has 0 amide bonds. The summed E-state index contributed by atoms with van der Waals surface area (Å²) in [6.07, 6.45) is 2.91. The van der Waals surface area contributed by atoms with E-state index in [0.29, 0.717) is 25.7 Å². The first-order chi connectivity index (χ1) is 11.6. The molecular formula is C19H26O6. The lowest BCUT2D eigenvalue weighted by atomic mass is 9.59. The average Bonchev–Trinajstić information content (AvgIpc) is 2.95. The van der Waals surface area contributed by atoms with Gasteiger partial charge in [0.15, 0.2) is 0 Å². The lowest BCUT2D eigenvalue weighted by molar-refractivity contribution is -0.162. The summed E-state index contributed by atoms with van der Waals surface area (Å²) in [5.74, 6) is -2.53. The highest BCUT2D eigenvalue weighted by atomic mass is 16.6. The van der Waals surface area contributed by atoms with Gasteiger partial charge in [0.05, 0.1) is 23.0 Å². The van der Waals surface area contributed by atoms with Gasteiger partial charge in [0.1, 0.15) is 5.60 Å². The Bertz CT molecular complexity index is 687. The van der Waals surface area contributed by atoms with Crippen molar-refractivity contribution in [3.8, 4) is 0 Å². The van der Waals surface area contributed by atoms with Crippen LogP contribution in [0, 0.1) is 34.5 Å². The van der Waals surface area contributed by atoms with Crippen molar-refractivity contribution in [1.29, 1.82) is 0 Å². The third-order valence-corrected chi connectivity index (χ3v) is 8.90. The number of aliphatic carboxylic acids is 1. The highest BCUT2D eigenvalue weighted by Crippen LogP contribution is 2.78. The van der Waals surface area contributed by atoms with Gasteiger partial charge in [-0.2, -0.15) is 0 Å². The van der Waals surface area contributed by atoms with Gasteiger partial charge in [0.2, 0.25) is 0 Å². The quantitative estimate of drug-likeness (QED) is 0.617. The molecule has 1 heterocycles. The first kappa shape index (κ1) is 16.1. The van der Waals surface area contributed by atoms with Crippen molar-refractivity contribution in [2.45, 2.75) is 69.7 Å². The number of carboxylic acid groups (broad SMARTS) is 1. The zero-order valence-corrected chi connectivity index (χ0v) is 14.7. The summed E-state index contributed by atoms with van der Waals surface area (Å²) < 4.78 is 5.99. The molecule has 3 N–H and O–H groups in total. The van der Waals surface area contributed by atoms with Crippen LogP contribution in [0.2, 0.25) is 0 Å². The third-order valence-electron chi connectivity index (χ3n) is 8.90. The van der Waals surface area contributed by atoms with Crippen LogP contribution in [0.15, 0.2) is 0 Å². The van der Waals surface area contributed by atoms with E-state index in [9.17, 15) is 24.9 Å². The van der Waals surface area contributed by atoms with Gasteiger partial charge in [0, 0.05) is 11.8 Å². The van der Waals surface area contributed by atoms with Gasteiger partial charge < -0.3 is 20.1 Å². The van der Waals surface area contributed by atoms with E-state index in [1.54, 1.807) is 6.92 Å². The van der Waals surface area contributed by atoms with Crippen molar-refractivity contribution >= 4 is 11.9 Å². The van der Waals surface area contributed by atoms with Crippen LogP contribution in [-0.4, -0.2) is 44.6 Å². The molecule has 1 spiro atoms. The number of esters is 1. The smallest absolute Gasteiger partial charge is 0.315 e. The zero-order valence-electron chi connectivity index (χ0n) is 14.7. The van der Waals surface area contributed by atoms with Crippen molar-refractivity contribution in [3.05, 3.63) is 0 Å². The first-order valence-corrected chi connectivity index (χ1v) is 9.46. The SMILES string of the molecule is CC1(O)CC23CC1CCC2C12CCC(O)C(C)(C(=O)O1)C2C3C(=O)O. The second-order valence-corrected chi connectivity index (χ2v) is 9.77. The maximum atomic E-state index is 12.7. The largest absolute Gasteiger partial charge is 0.481 e. The van der Waals surface area contributed by atoms with E-state index in [-0.39, 0.29) is 11.8 Å². The number of aliphatic hydroxyl groups is 2. The van der Waals surface area contributed by atoms with Gasteiger partial charge >= 0.3 is 11.9 Å². The third kappa shape index (κ3) is 1.48. The Morgan fingerprint density at radius 1 is 1.24 bits per heavy atom. The van der Waals surface area contributed by atoms with E-state index in [1.165, 1.54) is 0 Å². The second-order valence-electron chi connectivity index (χ2n) is 9.77. The van der Waals surface area contributed by atoms with Crippen LogP contribution >= 0.6 is 0 Å². The summed E-state index contributed by atoms with van der Waals surface area (Å²) in [7, 11) is 0. The fraction of sp³-hybridized carbons (Fsp3) is 0.895. The molecule has 25 heavy (non-hydrogen) atoms. The van der Waals surface area contributed by atoms with Crippen molar-refractivity contribution in [2.24, 2.45) is 34.5 Å². The molecule has 138 valence electrons. The highest BCUT2D eigenvalue weighted by Gasteiger charge is 2.84. The average molecular weight is 350 g/mol. The number of carboxylic acids is 1. The van der Waals surface area contributed by atoms with E-state index >= 15 is 0 Å². The molecule has 9 unspecified atom stereocenters. The number of hydrogen-bond acceptors (Lipinski definition) is 5. The molecule has 6 heteroatoms. The second kappa shape index (κ2) is 4.22. The van der Waals surface area contributed by atoms with Crippen molar-refractivity contribution in [1.82, 2.24) is 0 Å². The van der Waals surface area contributed by atoms with Crippen LogP contribution in [0.4, 0.5) is 0 Å². The molecule has 4 aliphatic carbocycles. The monoisotopic (exact) mass is 350 g/mol. The lowest BCUT2D eigenvalue weighted by Gasteiger charge is -2.44. The molecule has 1 saturated heterocycles. The summed E-state index contributed by atoms with van der Waals surface area (Å²) in [5, 5.41) is 31.7. The van der Waals surface area contributed by atoms with Crippen molar-refractivity contribution in [3.63, 3.8) is 0 Å². The predicted molar refractivity (Wildman–Crippen MR) is 85.3 cm³/mol. The summed E-state index contributed by atoms with van der Waals surface area (Å²) in [6, 6.07) is 0. The minimum Gasteiger partial charge on any atom is -0.481 e. The molecule has 0 aromatic heterocycles. The maximum absolute atomic E-state index is 12.7. The molecule has 0 aromatic carbocycles. The molecule has 4 bridgehead atoms. The van der Waals surface area contributed by atoms with Crippen molar-refractivity contribution in [2.75, 3.05) is 0 Å².